The zero-order chi connectivity index (χ0) is 36.4. The van der Waals surface area contributed by atoms with Gasteiger partial charge in [-0.3, -0.25) is 9.69 Å². The van der Waals surface area contributed by atoms with Crippen LogP contribution in [0.15, 0.2) is 42.7 Å². The monoisotopic (exact) mass is 708 g/mol. The minimum atomic E-state index is -5.05. The topological polar surface area (TPSA) is 101 Å². The van der Waals surface area contributed by atoms with E-state index in [0.29, 0.717) is 55.9 Å². The van der Waals surface area contributed by atoms with Gasteiger partial charge in [-0.1, -0.05) is 6.92 Å². The predicted octanol–water partition coefficient (Wildman–Crippen LogP) is 7.62. The van der Waals surface area contributed by atoms with E-state index in [9.17, 15) is 35.9 Å². The highest BCUT2D eigenvalue weighted by Gasteiger charge is 2.42. The minimum Gasteiger partial charge on any atom is -0.481 e. The van der Waals surface area contributed by atoms with Crippen LogP contribution in [0.2, 0.25) is 0 Å². The first kappa shape index (κ1) is 36.6. The molecule has 1 amide bonds. The number of benzene rings is 1. The van der Waals surface area contributed by atoms with Gasteiger partial charge in [-0.2, -0.15) is 26.3 Å². The van der Waals surface area contributed by atoms with E-state index in [1.165, 1.54) is 16.9 Å². The Bertz CT molecular complexity index is 1650. The Morgan fingerprint density at radius 1 is 0.960 bits per heavy atom. The van der Waals surface area contributed by atoms with Gasteiger partial charge in [0.15, 0.2) is 0 Å². The Morgan fingerprint density at radius 3 is 2.10 bits per heavy atom. The highest BCUT2D eigenvalue weighted by atomic mass is 19.4. The molecule has 3 aromatic rings. The molecule has 4 heterocycles. The number of rotatable bonds is 9. The lowest BCUT2D eigenvalue weighted by Crippen LogP contribution is -2.48. The van der Waals surface area contributed by atoms with Crippen molar-refractivity contribution in [2.75, 3.05) is 41.5 Å². The molecule has 0 aliphatic carbocycles. The smallest absolute Gasteiger partial charge is 0.416 e. The molecular weight excluding hydrogens is 670 g/mol. The van der Waals surface area contributed by atoms with Crippen LogP contribution in [-0.2, 0) is 28.4 Å². The first-order chi connectivity index (χ1) is 23.6. The highest BCUT2D eigenvalue weighted by Crippen LogP contribution is 2.44. The number of aromatic nitrogens is 3. The van der Waals surface area contributed by atoms with E-state index >= 15 is 0 Å². The van der Waals surface area contributed by atoms with Gasteiger partial charge >= 0.3 is 18.4 Å². The van der Waals surface area contributed by atoms with Crippen LogP contribution in [0.3, 0.4) is 0 Å². The summed E-state index contributed by atoms with van der Waals surface area (Å²) in [5.74, 6) is 0.294. The van der Waals surface area contributed by atoms with Gasteiger partial charge in [0.2, 0.25) is 11.8 Å². The Kier molecular flexibility index (Phi) is 10.8. The summed E-state index contributed by atoms with van der Waals surface area (Å²) in [5.41, 5.74) is -1.90. The van der Waals surface area contributed by atoms with Gasteiger partial charge in [0.05, 0.1) is 60.3 Å². The molecule has 0 radical (unpaired) electrons. The van der Waals surface area contributed by atoms with Crippen molar-refractivity contribution in [2.45, 2.75) is 77.4 Å². The molecule has 2 aliphatic heterocycles. The molecule has 1 saturated heterocycles. The maximum absolute atomic E-state index is 13.9. The van der Waals surface area contributed by atoms with Crippen LogP contribution in [-0.4, -0.2) is 59.7 Å². The van der Waals surface area contributed by atoms with Gasteiger partial charge < -0.3 is 19.3 Å². The van der Waals surface area contributed by atoms with Crippen molar-refractivity contribution < 1.29 is 45.4 Å². The predicted molar refractivity (Wildman–Crippen MR) is 172 cm³/mol. The lowest BCUT2D eigenvalue weighted by atomic mass is 9.92. The van der Waals surface area contributed by atoms with Crippen molar-refractivity contribution in [3.05, 3.63) is 65.1 Å². The summed E-state index contributed by atoms with van der Waals surface area (Å²) in [6.45, 7) is 5.89. The number of carbonyl (C=O) groups excluding carboxylic acids is 2. The summed E-state index contributed by atoms with van der Waals surface area (Å²) < 4.78 is 94.1. The van der Waals surface area contributed by atoms with Gasteiger partial charge in [0.1, 0.15) is 5.78 Å². The third kappa shape index (κ3) is 7.88. The summed E-state index contributed by atoms with van der Waals surface area (Å²) in [4.78, 5) is 43.8. The molecule has 270 valence electrons. The number of amides is 1. The van der Waals surface area contributed by atoms with Crippen molar-refractivity contribution >= 4 is 29.2 Å². The normalized spacial score (nSPS) is 18.4. The number of alkyl halides is 6. The SMILES string of the molecule is CCOC(=O)N1c2ccc(OC)nc2C(N(Cc2cc(C(F)(F)F)cc(C(F)(F)F)c2)c2ncc(N3CCC(C(C)=O)CC3)cn2)C[C@H]1CC. The highest BCUT2D eigenvalue weighted by molar-refractivity contribution is 5.90. The number of halogens is 6. The van der Waals surface area contributed by atoms with Crippen molar-refractivity contribution in [3.63, 3.8) is 0 Å². The van der Waals surface area contributed by atoms with Gasteiger partial charge in [-0.05, 0) is 69.4 Å². The number of Topliss-reactive ketones (excluding diaryl/α,β-unsaturated/α-hetero) is 1. The van der Waals surface area contributed by atoms with Crippen LogP contribution >= 0.6 is 0 Å². The molecule has 10 nitrogen and oxygen atoms in total. The molecule has 2 atom stereocenters. The van der Waals surface area contributed by atoms with Crippen LogP contribution in [0.1, 0.15) is 74.9 Å². The second-order valence-corrected chi connectivity index (χ2v) is 12.3. The first-order valence-corrected chi connectivity index (χ1v) is 16.3. The van der Waals surface area contributed by atoms with E-state index in [0.717, 1.165) is 0 Å². The second kappa shape index (κ2) is 14.7. The number of ketones is 1. The maximum Gasteiger partial charge on any atom is 0.416 e. The molecule has 16 heteroatoms. The molecule has 0 saturated carbocycles. The lowest BCUT2D eigenvalue weighted by Gasteiger charge is -2.43. The van der Waals surface area contributed by atoms with Crippen molar-refractivity contribution in [2.24, 2.45) is 5.92 Å². The van der Waals surface area contributed by atoms with E-state index in [4.69, 9.17) is 9.47 Å². The summed E-state index contributed by atoms with van der Waals surface area (Å²) in [6, 6.07) is 3.30. The van der Waals surface area contributed by atoms with E-state index in [-0.39, 0.29) is 53.9 Å². The first-order valence-electron chi connectivity index (χ1n) is 16.3. The fraction of sp³-hybridized carbons (Fsp3) is 0.500. The number of hydrogen-bond acceptors (Lipinski definition) is 9. The average molecular weight is 709 g/mol. The Labute approximate surface area is 285 Å². The largest absolute Gasteiger partial charge is 0.481 e. The molecule has 2 aromatic heterocycles. The zero-order valence-electron chi connectivity index (χ0n) is 28.0. The van der Waals surface area contributed by atoms with Crippen molar-refractivity contribution in [1.29, 1.82) is 0 Å². The summed E-state index contributed by atoms with van der Waals surface area (Å²) in [5, 5.41) is 0. The standard InChI is InChI=1S/C34H38F6N6O4/c1-5-25-16-28(30-27(7-8-29(43-30)49-4)46(25)32(48)50-6-2)45(19-21-13-23(33(35,36)37)15-24(14-21)34(38,39)40)31-41-17-26(18-42-31)44-11-9-22(10-12-44)20(3)47/h7-8,13-15,17-18,22,25,28H,5-6,9-12,16,19H2,1-4H3/t25-,28?/m1/s1. The van der Waals surface area contributed by atoms with Crippen LogP contribution in [0.25, 0.3) is 0 Å². The Morgan fingerprint density at radius 2 is 1.58 bits per heavy atom. The lowest BCUT2D eigenvalue weighted by molar-refractivity contribution is -0.143. The second-order valence-electron chi connectivity index (χ2n) is 12.3. The van der Waals surface area contributed by atoms with Crippen LogP contribution in [0.5, 0.6) is 5.88 Å². The van der Waals surface area contributed by atoms with Gasteiger partial charge in [-0.25, -0.2) is 19.7 Å². The quantitative estimate of drug-likeness (QED) is 0.208. The van der Waals surface area contributed by atoms with E-state index in [1.54, 1.807) is 38.4 Å². The third-order valence-corrected chi connectivity index (χ3v) is 9.15. The number of ether oxygens (including phenoxy) is 2. The maximum atomic E-state index is 13.9. The van der Waals surface area contributed by atoms with Crippen molar-refractivity contribution in [1.82, 2.24) is 15.0 Å². The molecule has 1 aromatic carbocycles. The zero-order valence-corrected chi connectivity index (χ0v) is 28.0. The third-order valence-electron chi connectivity index (χ3n) is 9.15. The molecule has 5 rings (SSSR count). The van der Waals surface area contributed by atoms with Gasteiger partial charge in [0.25, 0.3) is 0 Å². The van der Waals surface area contributed by atoms with Crippen LogP contribution in [0, 0.1) is 5.92 Å². The molecule has 1 unspecified atom stereocenters. The summed E-state index contributed by atoms with van der Waals surface area (Å²) >= 11 is 0. The number of fused-ring (bicyclic) bond motifs is 1. The van der Waals surface area contributed by atoms with Crippen molar-refractivity contribution in [3.8, 4) is 5.88 Å². The number of carbonyl (C=O) groups is 2. The fourth-order valence-electron chi connectivity index (χ4n) is 6.55. The molecule has 0 spiro atoms. The average Bonchev–Trinajstić information content (AvgIpc) is 3.09. The number of hydrogen-bond donors (Lipinski definition) is 0. The molecule has 1 fully saturated rings. The number of methoxy groups -OCH3 is 1. The minimum absolute atomic E-state index is 0.0263. The van der Waals surface area contributed by atoms with E-state index in [1.807, 2.05) is 11.8 Å². The molecule has 0 N–H and O–H groups in total. The van der Waals surface area contributed by atoms with Gasteiger partial charge in [-0.15, -0.1) is 0 Å². The number of anilines is 3. The number of piperidine rings is 1. The molecule has 50 heavy (non-hydrogen) atoms. The van der Waals surface area contributed by atoms with Crippen LogP contribution < -0.4 is 19.4 Å². The summed E-state index contributed by atoms with van der Waals surface area (Å²) in [7, 11) is 1.39. The Hall–Kier alpha value is -4.63. The molecule has 2 aliphatic rings. The van der Waals surface area contributed by atoms with E-state index in [2.05, 4.69) is 15.0 Å². The number of nitrogens with zero attached hydrogens (tertiary/aromatic N) is 6. The molecular formula is C34H38F6N6O4. The van der Waals surface area contributed by atoms with Gasteiger partial charge in [0, 0.05) is 37.7 Å². The van der Waals surface area contributed by atoms with Crippen LogP contribution in [0.4, 0.5) is 48.5 Å². The molecule has 0 bridgehead atoms. The Balaban J connectivity index is 1.63. The fourth-order valence-corrected chi connectivity index (χ4v) is 6.55. The number of pyridine rings is 1. The summed E-state index contributed by atoms with van der Waals surface area (Å²) in [6.07, 6.45) is -5.72. The van der Waals surface area contributed by atoms with E-state index < -0.39 is 48.2 Å².